The molecule has 1 aromatic heterocycles. The number of nitro groups is 2. The minimum atomic E-state index is -5.19. The van der Waals surface area contributed by atoms with Crippen molar-refractivity contribution < 1.29 is 23.0 Å². The molecule has 0 saturated carbocycles. The van der Waals surface area contributed by atoms with E-state index in [1.165, 1.54) is 0 Å². The number of aromatic nitrogens is 2. The molecular weight excluding hydrogens is 502 g/mol. The third-order valence-electron chi connectivity index (χ3n) is 4.01. The number of anilines is 2. The van der Waals surface area contributed by atoms with Crippen LogP contribution in [-0.2, 0) is 6.18 Å². The van der Waals surface area contributed by atoms with Crippen LogP contribution in [0.2, 0.25) is 15.3 Å². The molecule has 0 aliphatic heterocycles. The second-order valence-corrected chi connectivity index (χ2v) is 7.08. The monoisotopic (exact) mass is 507 g/mol. The Kier molecular flexibility index (Phi) is 6.39. The van der Waals surface area contributed by atoms with Crippen molar-refractivity contribution in [3.05, 3.63) is 77.5 Å². The molecule has 0 radical (unpaired) electrons. The first kappa shape index (κ1) is 23.4. The van der Waals surface area contributed by atoms with Crippen LogP contribution in [0.15, 0.2) is 36.4 Å². The maximum atomic E-state index is 13.2. The van der Waals surface area contributed by atoms with Crippen molar-refractivity contribution in [3.63, 3.8) is 0 Å². The van der Waals surface area contributed by atoms with Crippen LogP contribution < -0.4 is 5.32 Å². The number of halogens is 6. The molecule has 0 fully saturated rings. The van der Waals surface area contributed by atoms with Gasteiger partial charge in [-0.15, -0.1) is 0 Å². The van der Waals surface area contributed by atoms with Crippen molar-refractivity contribution in [1.29, 1.82) is 0 Å². The van der Waals surface area contributed by atoms with Crippen molar-refractivity contribution in [2.75, 3.05) is 5.32 Å². The van der Waals surface area contributed by atoms with E-state index < -0.39 is 59.7 Å². The highest BCUT2D eigenvalue weighted by Crippen LogP contribution is 2.49. The van der Waals surface area contributed by atoms with Crippen LogP contribution in [0.25, 0.3) is 11.4 Å². The van der Waals surface area contributed by atoms with Gasteiger partial charge in [-0.2, -0.15) is 13.2 Å². The van der Waals surface area contributed by atoms with Gasteiger partial charge in [0.2, 0.25) is 0 Å². The summed E-state index contributed by atoms with van der Waals surface area (Å²) in [5.74, 6) is 0.0700. The molecule has 0 atom stereocenters. The Hall–Kier alpha value is -3.22. The van der Waals surface area contributed by atoms with Crippen LogP contribution in [0.3, 0.4) is 0 Å². The van der Waals surface area contributed by atoms with Gasteiger partial charge >= 0.3 is 17.6 Å². The SMILES string of the molecule is O=[N+]([O-])c1cc(C(F)(F)F)c(Cl)c([N+](=O)[O-])c1Nc1c(Cl)nc(-c2ccccc2)nc1Cl. The molecule has 0 saturated heterocycles. The third kappa shape index (κ3) is 4.52. The van der Waals surface area contributed by atoms with Crippen LogP contribution in [0, 0.1) is 20.2 Å². The molecule has 0 bridgehead atoms. The van der Waals surface area contributed by atoms with E-state index in [1.54, 1.807) is 30.3 Å². The zero-order valence-electron chi connectivity index (χ0n) is 15.2. The lowest BCUT2D eigenvalue weighted by Gasteiger charge is -2.15. The first-order chi connectivity index (χ1) is 14.9. The second-order valence-electron chi connectivity index (χ2n) is 5.99. The minimum absolute atomic E-state index is 0.0681. The van der Waals surface area contributed by atoms with E-state index in [0.717, 1.165) is 0 Å². The zero-order valence-corrected chi connectivity index (χ0v) is 17.4. The fourth-order valence-electron chi connectivity index (χ4n) is 2.63. The number of nitrogens with one attached hydrogen (secondary N) is 1. The number of benzene rings is 2. The smallest absolute Gasteiger partial charge is 0.339 e. The van der Waals surface area contributed by atoms with Gasteiger partial charge in [0.15, 0.2) is 21.8 Å². The van der Waals surface area contributed by atoms with E-state index in [1.807, 2.05) is 0 Å². The molecule has 32 heavy (non-hydrogen) atoms. The summed E-state index contributed by atoms with van der Waals surface area (Å²) in [6.45, 7) is 0. The molecule has 1 N–H and O–H groups in total. The quantitative estimate of drug-likeness (QED) is 0.231. The summed E-state index contributed by atoms with van der Waals surface area (Å²) in [4.78, 5) is 28.3. The van der Waals surface area contributed by atoms with E-state index in [0.29, 0.717) is 5.56 Å². The number of nitrogens with zero attached hydrogens (tertiary/aromatic N) is 4. The van der Waals surface area contributed by atoms with Gasteiger partial charge in [-0.25, -0.2) is 9.97 Å². The van der Waals surface area contributed by atoms with Crippen LogP contribution >= 0.6 is 34.8 Å². The maximum absolute atomic E-state index is 13.2. The molecule has 2 aromatic carbocycles. The Morgan fingerprint density at radius 3 is 1.94 bits per heavy atom. The van der Waals surface area contributed by atoms with Crippen molar-refractivity contribution in [2.24, 2.45) is 0 Å². The highest BCUT2D eigenvalue weighted by molar-refractivity contribution is 6.38. The van der Waals surface area contributed by atoms with Gasteiger partial charge < -0.3 is 5.32 Å². The summed E-state index contributed by atoms with van der Waals surface area (Å²) in [6, 6.07) is 8.45. The van der Waals surface area contributed by atoms with Gasteiger partial charge in [0, 0.05) is 11.6 Å². The van der Waals surface area contributed by atoms with Crippen molar-refractivity contribution >= 4 is 57.6 Å². The normalized spacial score (nSPS) is 11.3. The van der Waals surface area contributed by atoms with E-state index >= 15 is 0 Å². The number of rotatable bonds is 5. The standard InChI is InChI=1S/C17H7Cl3F3N5O4/c18-10-8(17(21,22)23)6-9(27(29)30)11(13(10)28(31)32)24-12-14(19)25-16(26-15(12)20)7-4-2-1-3-5-7/h1-6,24H. The molecule has 0 spiro atoms. The second kappa shape index (κ2) is 8.73. The fourth-order valence-corrected chi connectivity index (χ4v) is 3.44. The molecule has 15 heteroatoms. The lowest BCUT2D eigenvalue weighted by Crippen LogP contribution is -2.11. The van der Waals surface area contributed by atoms with Crippen LogP contribution in [-0.4, -0.2) is 19.8 Å². The Bertz CT molecular complexity index is 1220. The average molecular weight is 509 g/mol. The van der Waals surface area contributed by atoms with Crippen LogP contribution in [0.1, 0.15) is 5.56 Å². The molecule has 166 valence electrons. The average Bonchev–Trinajstić information content (AvgIpc) is 2.69. The van der Waals surface area contributed by atoms with Gasteiger partial charge in [-0.1, -0.05) is 65.1 Å². The summed E-state index contributed by atoms with van der Waals surface area (Å²) < 4.78 is 39.6. The highest BCUT2D eigenvalue weighted by atomic mass is 35.5. The van der Waals surface area contributed by atoms with Crippen LogP contribution in [0.5, 0.6) is 0 Å². The van der Waals surface area contributed by atoms with E-state index in [4.69, 9.17) is 34.8 Å². The Labute approximate surface area is 191 Å². The van der Waals surface area contributed by atoms with E-state index in [9.17, 15) is 33.4 Å². The Morgan fingerprint density at radius 1 is 0.906 bits per heavy atom. The van der Waals surface area contributed by atoms with Gasteiger partial charge in [0.25, 0.3) is 0 Å². The molecule has 9 nitrogen and oxygen atoms in total. The summed E-state index contributed by atoms with van der Waals surface area (Å²) in [5, 5.41) is 23.0. The summed E-state index contributed by atoms with van der Waals surface area (Å²) >= 11 is 17.8. The van der Waals surface area contributed by atoms with E-state index in [2.05, 4.69) is 15.3 Å². The highest BCUT2D eigenvalue weighted by Gasteiger charge is 2.42. The van der Waals surface area contributed by atoms with Crippen LogP contribution in [0.4, 0.5) is 35.9 Å². The first-order valence-corrected chi connectivity index (χ1v) is 9.33. The van der Waals surface area contributed by atoms with Gasteiger partial charge in [0.05, 0.1) is 15.4 Å². The number of nitro benzene ring substituents is 2. The van der Waals surface area contributed by atoms with E-state index in [-0.39, 0.29) is 11.9 Å². The zero-order chi connectivity index (χ0) is 23.8. The summed E-state index contributed by atoms with van der Waals surface area (Å²) in [7, 11) is 0. The molecular formula is C17H7Cl3F3N5O4. The molecule has 0 unspecified atom stereocenters. The fraction of sp³-hybridized carbons (Fsp3) is 0.0588. The molecule has 0 amide bonds. The number of hydrogen-bond acceptors (Lipinski definition) is 7. The van der Waals surface area contributed by atoms with Crippen molar-refractivity contribution in [3.8, 4) is 11.4 Å². The Balaban J connectivity index is 2.22. The third-order valence-corrected chi connectivity index (χ3v) is 4.94. The number of alkyl halides is 3. The number of hydrogen-bond donors (Lipinski definition) is 1. The molecule has 3 rings (SSSR count). The van der Waals surface area contributed by atoms with Gasteiger partial charge in [0.1, 0.15) is 10.7 Å². The molecule has 3 aromatic rings. The topological polar surface area (TPSA) is 124 Å². The summed E-state index contributed by atoms with van der Waals surface area (Å²) in [6.07, 6.45) is -5.19. The predicted octanol–water partition coefficient (Wildman–Crippen LogP) is 6.68. The molecule has 0 aliphatic rings. The van der Waals surface area contributed by atoms with Gasteiger partial charge in [-0.05, 0) is 0 Å². The lowest BCUT2D eigenvalue weighted by atomic mass is 10.1. The van der Waals surface area contributed by atoms with Crippen molar-refractivity contribution in [1.82, 2.24) is 9.97 Å². The molecule has 0 aliphatic carbocycles. The van der Waals surface area contributed by atoms with Crippen molar-refractivity contribution in [2.45, 2.75) is 6.18 Å². The van der Waals surface area contributed by atoms with Gasteiger partial charge in [-0.3, -0.25) is 20.2 Å². The first-order valence-electron chi connectivity index (χ1n) is 8.19. The minimum Gasteiger partial charge on any atom is -0.339 e. The largest absolute Gasteiger partial charge is 0.418 e. The predicted molar refractivity (Wildman–Crippen MR) is 111 cm³/mol. The molecule has 1 heterocycles. The lowest BCUT2D eigenvalue weighted by molar-refractivity contribution is -0.392. The summed E-state index contributed by atoms with van der Waals surface area (Å²) in [5.41, 5.74) is -5.30. The maximum Gasteiger partial charge on any atom is 0.418 e. The Morgan fingerprint density at radius 2 is 1.47 bits per heavy atom.